The highest BCUT2D eigenvalue weighted by Crippen LogP contribution is 1.74. The van der Waals surface area contributed by atoms with Gasteiger partial charge in [0, 0.05) is 6.54 Å². The van der Waals surface area contributed by atoms with Gasteiger partial charge in [-0.05, 0) is 0 Å². The molecule has 0 aliphatic rings. The van der Waals surface area contributed by atoms with Crippen LogP contribution < -0.4 is 5.73 Å². The first kappa shape index (κ1) is 7.18. The molecule has 0 fully saturated rings. The zero-order valence-corrected chi connectivity index (χ0v) is 4.88. The van der Waals surface area contributed by atoms with Crippen LogP contribution in [0.25, 0.3) is 0 Å². The van der Waals surface area contributed by atoms with E-state index >= 15 is 0 Å². The second kappa shape index (κ2) is 6.18. The topological polar surface area (TPSA) is 26.0 Å². The highest BCUT2D eigenvalue weighted by Gasteiger charge is 1.58. The average molecular weight is 109 g/mol. The third kappa shape index (κ3) is 5.18. The van der Waals surface area contributed by atoms with E-state index < -0.39 is 0 Å². The minimum absolute atomic E-state index is 0.599. The Hall–Kier alpha value is -0.820. The van der Waals surface area contributed by atoms with Crippen LogP contribution in [0.15, 0.2) is 37.0 Å². The van der Waals surface area contributed by atoms with Crippen molar-refractivity contribution in [1.82, 2.24) is 0 Å². The van der Waals surface area contributed by atoms with Gasteiger partial charge in [-0.15, -0.1) is 0 Å². The summed E-state index contributed by atoms with van der Waals surface area (Å²) in [5.41, 5.74) is 5.16. The van der Waals surface area contributed by atoms with Crippen molar-refractivity contribution in [3.05, 3.63) is 37.0 Å². The predicted molar refractivity (Wildman–Crippen MR) is 37.5 cm³/mol. The van der Waals surface area contributed by atoms with Crippen molar-refractivity contribution < 1.29 is 0 Å². The van der Waals surface area contributed by atoms with Crippen LogP contribution in [0.1, 0.15) is 0 Å². The van der Waals surface area contributed by atoms with E-state index in [9.17, 15) is 0 Å². The van der Waals surface area contributed by atoms with Crippen molar-refractivity contribution in [3.63, 3.8) is 0 Å². The lowest BCUT2D eigenvalue weighted by Crippen LogP contribution is -1.91. The summed E-state index contributed by atoms with van der Waals surface area (Å²) in [6.07, 6.45) is 9.23. The maximum atomic E-state index is 5.16. The lowest BCUT2D eigenvalue weighted by atomic mass is 10.4. The lowest BCUT2D eigenvalue weighted by molar-refractivity contribution is 1.25. The molecule has 0 aromatic heterocycles. The minimum Gasteiger partial charge on any atom is -0.327 e. The molecule has 1 heteroatoms. The summed E-state index contributed by atoms with van der Waals surface area (Å²) in [7, 11) is 0. The molecule has 0 saturated carbocycles. The van der Waals surface area contributed by atoms with Gasteiger partial charge in [-0.25, -0.2) is 0 Å². The van der Waals surface area contributed by atoms with Gasteiger partial charge in [0.25, 0.3) is 0 Å². The van der Waals surface area contributed by atoms with Crippen LogP contribution >= 0.6 is 0 Å². The molecule has 0 bridgehead atoms. The molecule has 44 valence electrons. The number of hydrogen-bond donors (Lipinski definition) is 1. The minimum atomic E-state index is 0.599. The summed E-state index contributed by atoms with van der Waals surface area (Å²) in [5, 5.41) is 0. The molecule has 0 atom stereocenters. The summed E-state index contributed by atoms with van der Waals surface area (Å²) in [6.45, 7) is 4.11. The maximum Gasteiger partial charge on any atom is 0.0109 e. The molecule has 1 nitrogen and oxygen atoms in total. The number of allylic oxidation sites excluding steroid dienone is 4. The van der Waals surface area contributed by atoms with Gasteiger partial charge >= 0.3 is 0 Å². The van der Waals surface area contributed by atoms with E-state index in [0.29, 0.717) is 6.54 Å². The normalized spacial score (nSPS) is 11.1. The molecule has 0 unspecified atom stereocenters. The number of rotatable bonds is 3. The lowest BCUT2D eigenvalue weighted by Gasteiger charge is -1.72. The summed E-state index contributed by atoms with van der Waals surface area (Å²) < 4.78 is 0. The first-order valence-electron chi connectivity index (χ1n) is 2.56. The number of hydrogen-bond acceptors (Lipinski definition) is 1. The molecule has 0 aliphatic heterocycles. The number of nitrogens with two attached hydrogens (primary N) is 1. The zero-order valence-electron chi connectivity index (χ0n) is 4.88. The van der Waals surface area contributed by atoms with Crippen LogP contribution in [0.5, 0.6) is 0 Å². The van der Waals surface area contributed by atoms with Gasteiger partial charge in [0.2, 0.25) is 0 Å². The molecule has 0 aliphatic carbocycles. The van der Waals surface area contributed by atoms with E-state index in [1.165, 1.54) is 0 Å². The Morgan fingerprint density at radius 2 is 2.00 bits per heavy atom. The fraction of sp³-hybridized carbons (Fsp3) is 0.143. The van der Waals surface area contributed by atoms with E-state index in [-0.39, 0.29) is 0 Å². The fourth-order valence-electron chi connectivity index (χ4n) is 0.300. The Balaban J connectivity index is 3.26. The average Bonchev–Trinajstić information content (AvgIpc) is 1.81. The van der Waals surface area contributed by atoms with Gasteiger partial charge in [-0.3, -0.25) is 0 Å². The van der Waals surface area contributed by atoms with Crippen LogP contribution in [-0.2, 0) is 0 Å². The van der Waals surface area contributed by atoms with Crippen molar-refractivity contribution in [2.24, 2.45) is 5.73 Å². The van der Waals surface area contributed by atoms with Crippen LogP contribution in [0, 0.1) is 0 Å². The van der Waals surface area contributed by atoms with E-state index in [4.69, 9.17) is 5.73 Å². The quantitative estimate of drug-likeness (QED) is 0.542. The molecule has 0 amide bonds. The van der Waals surface area contributed by atoms with Crippen LogP contribution in [-0.4, -0.2) is 6.54 Å². The molecule has 0 aromatic carbocycles. The van der Waals surface area contributed by atoms with Crippen molar-refractivity contribution in [2.75, 3.05) is 6.54 Å². The van der Waals surface area contributed by atoms with Crippen molar-refractivity contribution in [3.8, 4) is 0 Å². The summed E-state index contributed by atoms with van der Waals surface area (Å²) in [4.78, 5) is 0. The van der Waals surface area contributed by atoms with Gasteiger partial charge < -0.3 is 5.73 Å². The van der Waals surface area contributed by atoms with Gasteiger partial charge in [-0.2, -0.15) is 0 Å². The van der Waals surface area contributed by atoms with Crippen LogP contribution in [0.3, 0.4) is 0 Å². The Kier molecular flexibility index (Phi) is 5.55. The van der Waals surface area contributed by atoms with Crippen molar-refractivity contribution in [1.29, 1.82) is 0 Å². The third-order valence-electron chi connectivity index (χ3n) is 0.630. The van der Waals surface area contributed by atoms with E-state index in [0.717, 1.165) is 0 Å². The molecule has 0 heterocycles. The van der Waals surface area contributed by atoms with Gasteiger partial charge in [-0.1, -0.05) is 37.0 Å². The zero-order chi connectivity index (χ0) is 6.24. The van der Waals surface area contributed by atoms with Crippen LogP contribution in [0.4, 0.5) is 0 Å². The highest BCUT2D eigenvalue weighted by molar-refractivity contribution is 5.08. The van der Waals surface area contributed by atoms with Crippen molar-refractivity contribution >= 4 is 0 Å². The van der Waals surface area contributed by atoms with E-state index in [1.54, 1.807) is 6.08 Å². The third-order valence-corrected chi connectivity index (χ3v) is 0.630. The van der Waals surface area contributed by atoms with Gasteiger partial charge in [0.15, 0.2) is 0 Å². The van der Waals surface area contributed by atoms with E-state index in [2.05, 4.69) is 6.58 Å². The Morgan fingerprint density at radius 1 is 1.25 bits per heavy atom. The molecule has 0 spiro atoms. The molecule has 8 heavy (non-hydrogen) atoms. The smallest absolute Gasteiger partial charge is 0.0109 e. The molecule has 0 rings (SSSR count). The molecule has 2 N–H and O–H groups in total. The van der Waals surface area contributed by atoms with Gasteiger partial charge in [0.05, 0.1) is 0 Å². The summed E-state index contributed by atoms with van der Waals surface area (Å²) in [6, 6.07) is 0. The Morgan fingerprint density at radius 3 is 2.50 bits per heavy atom. The molecular weight excluding hydrogens is 98.1 g/mol. The monoisotopic (exact) mass is 109 g/mol. The maximum absolute atomic E-state index is 5.16. The molecule has 0 saturated heterocycles. The fourth-order valence-corrected chi connectivity index (χ4v) is 0.300. The molecule has 0 aromatic rings. The Labute approximate surface area is 50.2 Å². The first-order valence-corrected chi connectivity index (χ1v) is 2.56. The molecule has 0 radical (unpaired) electrons. The van der Waals surface area contributed by atoms with E-state index in [1.807, 2.05) is 24.3 Å². The standard InChI is InChI=1S/C7H11N/c1-2-3-4-5-6-7-8/h2-6H,1,7-8H2/b4-3-,6-5+. The van der Waals surface area contributed by atoms with Gasteiger partial charge in [0.1, 0.15) is 0 Å². The second-order valence-corrected chi connectivity index (χ2v) is 1.28. The predicted octanol–water partition coefficient (Wildman–Crippen LogP) is 1.24. The second-order valence-electron chi connectivity index (χ2n) is 1.28. The summed E-state index contributed by atoms with van der Waals surface area (Å²) >= 11 is 0. The largest absolute Gasteiger partial charge is 0.327 e. The molecular formula is C7H11N. The Bertz CT molecular complexity index is 101. The highest BCUT2D eigenvalue weighted by atomic mass is 14.5. The van der Waals surface area contributed by atoms with Crippen LogP contribution in [0.2, 0.25) is 0 Å². The summed E-state index contributed by atoms with van der Waals surface area (Å²) in [5.74, 6) is 0. The first-order chi connectivity index (χ1) is 3.91. The SMILES string of the molecule is C=C/C=C\C=C\CN. The van der Waals surface area contributed by atoms with Crippen molar-refractivity contribution in [2.45, 2.75) is 0 Å².